The molecule has 0 saturated carbocycles. The van der Waals surface area contributed by atoms with Gasteiger partial charge in [-0.15, -0.1) is 11.3 Å². The van der Waals surface area contributed by atoms with Gasteiger partial charge in [0.05, 0.1) is 12.2 Å². The number of nitrogens with one attached hydrogen (secondary N) is 1. The van der Waals surface area contributed by atoms with Crippen molar-refractivity contribution >= 4 is 45.0 Å². The summed E-state index contributed by atoms with van der Waals surface area (Å²) in [6.07, 6.45) is 1.97. The van der Waals surface area contributed by atoms with E-state index in [9.17, 15) is 19.1 Å². The van der Waals surface area contributed by atoms with E-state index in [1.54, 1.807) is 29.5 Å². The number of carboxylic acid groups (broad SMARTS) is 1. The lowest BCUT2D eigenvalue weighted by Crippen LogP contribution is -2.43. The van der Waals surface area contributed by atoms with Crippen LogP contribution in [0.5, 0.6) is 0 Å². The first-order valence-corrected chi connectivity index (χ1v) is 12.2. The van der Waals surface area contributed by atoms with Gasteiger partial charge in [0, 0.05) is 34.8 Å². The monoisotopic (exact) mass is 548 g/mol. The normalized spacial score (nSPS) is 20.8. The van der Waals surface area contributed by atoms with Crippen molar-refractivity contribution < 1.29 is 23.8 Å². The average molecular weight is 549 g/mol. The molecule has 0 aliphatic carbocycles. The second-order valence-electron chi connectivity index (χ2n) is 7.83. The Morgan fingerprint density at radius 3 is 2.88 bits per heavy atom. The van der Waals surface area contributed by atoms with Crippen LogP contribution in [-0.4, -0.2) is 58.5 Å². The van der Waals surface area contributed by atoms with Crippen molar-refractivity contribution in [3.8, 4) is 0 Å². The van der Waals surface area contributed by atoms with Crippen LogP contribution in [0, 0.1) is 5.82 Å². The zero-order valence-corrected chi connectivity index (χ0v) is 20.7. The number of amidine groups is 1. The Balaban J connectivity index is 1.84. The maximum atomic E-state index is 13.8. The van der Waals surface area contributed by atoms with E-state index in [4.69, 9.17) is 9.73 Å². The van der Waals surface area contributed by atoms with Crippen LogP contribution >= 0.6 is 27.3 Å². The number of carbonyl (C=O) groups excluding carboxylic acids is 1. The molecular formula is C23H22BrFN4O4S. The molecule has 2 atom stereocenters. The van der Waals surface area contributed by atoms with E-state index in [-0.39, 0.29) is 18.7 Å². The number of aromatic nitrogens is 1. The highest BCUT2D eigenvalue weighted by Crippen LogP contribution is 2.37. The van der Waals surface area contributed by atoms with Crippen LogP contribution < -0.4 is 5.32 Å². The van der Waals surface area contributed by atoms with Gasteiger partial charge in [0.1, 0.15) is 17.9 Å². The molecule has 2 N–H and O–H groups in total. The highest BCUT2D eigenvalue weighted by atomic mass is 79.9. The van der Waals surface area contributed by atoms with Gasteiger partial charge in [-0.3, -0.25) is 14.7 Å². The van der Waals surface area contributed by atoms with E-state index >= 15 is 0 Å². The van der Waals surface area contributed by atoms with Gasteiger partial charge in [0.25, 0.3) is 0 Å². The van der Waals surface area contributed by atoms with E-state index in [1.807, 2.05) is 0 Å². The highest BCUT2D eigenvalue weighted by Gasteiger charge is 2.38. The Morgan fingerprint density at radius 1 is 1.44 bits per heavy atom. The second kappa shape index (κ2) is 10.2. The smallest absolute Gasteiger partial charge is 0.338 e. The van der Waals surface area contributed by atoms with Crippen molar-refractivity contribution in [1.29, 1.82) is 0 Å². The summed E-state index contributed by atoms with van der Waals surface area (Å²) in [5.74, 6) is -1.54. The number of benzene rings is 1. The molecular weight excluding hydrogens is 527 g/mol. The number of aliphatic carboxylic acids is 1. The van der Waals surface area contributed by atoms with Crippen LogP contribution in [0.4, 0.5) is 4.39 Å². The number of halogens is 2. The first-order valence-electron chi connectivity index (χ1n) is 10.5. The minimum absolute atomic E-state index is 0.129. The third-order valence-electron chi connectivity index (χ3n) is 5.51. The first-order chi connectivity index (χ1) is 16.3. The first kappa shape index (κ1) is 24.2. The van der Waals surface area contributed by atoms with E-state index in [1.165, 1.54) is 23.5 Å². The van der Waals surface area contributed by atoms with Crippen molar-refractivity contribution in [3.05, 3.63) is 74.1 Å². The van der Waals surface area contributed by atoms with Crippen molar-refractivity contribution in [2.45, 2.75) is 25.4 Å². The van der Waals surface area contributed by atoms with Crippen LogP contribution in [0.3, 0.4) is 0 Å². The molecule has 1 aromatic heterocycles. The van der Waals surface area contributed by atoms with Gasteiger partial charge in [-0.05, 0) is 31.0 Å². The summed E-state index contributed by atoms with van der Waals surface area (Å²) in [5.41, 5.74) is 2.06. The summed E-state index contributed by atoms with van der Waals surface area (Å²) in [5, 5.41) is 15.3. The molecule has 4 rings (SSSR count). The number of thiazole rings is 1. The SMILES string of the molecule is C=C1C[C@@H](C(=O)O)N(CC2=C(C(=O)OCC)[C@H](c3ccc(F)cc3Br)N=C(c3nccs3)N2)C1. The van der Waals surface area contributed by atoms with Crippen molar-refractivity contribution in [2.24, 2.45) is 4.99 Å². The summed E-state index contributed by atoms with van der Waals surface area (Å²) < 4.78 is 19.6. The molecule has 0 radical (unpaired) electrons. The fraction of sp³-hybridized carbons (Fsp3) is 0.304. The maximum absolute atomic E-state index is 13.8. The number of carboxylic acids is 1. The Bertz CT molecular complexity index is 1200. The van der Waals surface area contributed by atoms with Gasteiger partial charge in [-0.2, -0.15) is 0 Å². The summed E-state index contributed by atoms with van der Waals surface area (Å²) in [7, 11) is 0. The summed E-state index contributed by atoms with van der Waals surface area (Å²) >= 11 is 4.76. The Morgan fingerprint density at radius 2 is 2.24 bits per heavy atom. The Labute approximate surface area is 208 Å². The molecule has 1 saturated heterocycles. The highest BCUT2D eigenvalue weighted by molar-refractivity contribution is 9.10. The number of aliphatic imine (C=N–C) groups is 1. The number of carbonyl (C=O) groups is 2. The summed E-state index contributed by atoms with van der Waals surface area (Å²) in [6, 6.07) is 2.59. The summed E-state index contributed by atoms with van der Waals surface area (Å²) in [4.78, 5) is 35.8. The lowest BCUT2D eigenvalue weighted by molar-refractivity contribution is -0.142. The van der Waals surface area contributed by atoms with Crippen molar-refractivity contribution in [1.82, 2.24) is 15.2 Å². The number of ether oxygens (including phenoxy) is 1. The van der Waals surface area contributed by atoms with E-state index in [0.29, 0.717) is 39.5 Å². The predicted molar refractivity (Wildman–Crippen MR) is 129 cm³/mol. The fourth-order valence-electron chi connectivity index (χ4n) is 4.04. The fourth-order valence-corrected chi connectivity index (χ4v) is 5.20. The van der Waals surface area contributed by atoms with Crippen molar-refractivity contribution in [3.63, 3.8) is 0 Å². The molecule has 2 aliphatic rings. The maximum Gasteiger partial charge on any atom is 0.338 e. The van der Waals surface area contributed by atoms with E-state index in [0.717, 1.165) is 5.57 Å². The molecule has 0 spiro atoms. The number of hydrogen-bond acceptors (Lipinski definition) is 8. The molecule has 3 heterocycles. The number of rotatable bonds is 7. The molecule has 0 bridgehead atoms. The number of esters is 1. The molecule has 34 heavy (non-hydrogen) atoms. The molecule has 8 nitrogen and oxygen atoms in total. The zero-order chi connectivity index (χ0) is 24.4. The van der Waals surface area contributed by atoms with Gasteiger partial charge in [0.15, 0.2) is 10.8 Å². The van der Waals surface area contributed by atoms with Crippen LogP contribution in [0.1, 0.15) is 30.0 Å². The molecule has 178 valence electrons. The second-order valence-corrected chi connectivity index (χ2v) is 9.58. The molecule has 2 aromatic rings. The number of likely N-dealkylation sites (tertiary alicyclic amines) is 1. The van der Waals surface area contributed by atoms with Crippen LogP contribution in [0.25, 0.3) is 0 Å². The lowest BCUT2D eigenvalue weighted by Gasteiger charge is -2.30. The van der Waals surface area contributed by atoms with E-state index in [2.05, 4.69) is 32.8 Å². The minimum Gasteiger partial charge on any atom is -0.480 e. The summed E-state index contributed by atoms with van der Waals surface area (Å²) in [6.45, 7) is 6.30. The van der Waals surface area contributed by atoms with Crippen LogP contribution in [0.2, 0.25) is 0 Å². The van der Waals surface area contributed by atoms with Gasteiger partial charge in [-0.25, -0.2) is 14.2 Å². The number of hydrogen-bond donors (Lipinski definition) is 2. The molecule has 1 aromatic carbocycles. The van der Waals surface area contributed by atoms with Gasteiger partial charge >= 0.3 is 11.9 Å². The minimum atomic E-state index is -0.959. The average Bonchev–Trinajstić information content (AvgIpc) is 3.43. The van der Waals surface area contributed by atoms with E-state index < -0.39 is 29.8 Å². The predicted octanol–water partition coefficient (Wildman–Crippen LogP) is 3.67. The van der Waals surface area contributed by atoms with Gasteiger partial charge < -0.3 is 15.2 Å². The standard InChI is InChI=1S/C23H22BrFN4O4S/c1-3-33-23(32)18-16(11-29-10-12(2)8-17(29)22(30)31)27-20(21-26-6-7-34-21)28-19(18)14-5-4-13(25)9-15(14)24/h4-7,9,17,19H,2-3,8,10-11H2,1H3,(H,27,28)(H,30,31)/t17-,19-/m0/s1. The number of nitrogens with zero attached hydrogens (tertiary/aromatic N) is 3. The van der Waals surface area contributed by atoms with Gasteiger partial charge in [0.2, 0.25) is 0 Å². The molecule has 0 unspecified atom stereocenters. The van der Waals surface area contributed by atoms with Crippen molar-refractivity contribution in [2.75, 3.05) is 19.7 Å². The lowest BCUT2D eigenvalue weighted by atomic mass is 9.95. The Kier molecular flexibility index (Phi) is 7.24. The molecule has 11 heteroatoms. The van der Waals surface area contributed by atoms with Gasteiger partial charge in [-0.1, -0.05) is 34.1 Å². The third-order valence-corrected chi connectivity index (χ3v) is 6.98. The molecule has 1 fully saturated rings. The molecule has 0 amide bonds. The third kappa shape index (κ3) is 4.96. The van der Waals surface area contributed by atoms with Crippen LogP contribution in [0.15, 0.2) is 62.7 Å². The quantitative estimate of drug-likeness (QED) is 0.401. The largest absolute Gasteiger partial charge is 0.480 e. The topological polar surface area (TPSA) is 104 Å². The zero-order valence-electron chi connectivity index (χ0n) is 18.3. The molecule has 2 aliphatic heterocycles. The Hall–Kier alpha value is -2.89. The van der Waals surface area contributed by atoms with Crippen LogP contribution in [-0.2, 0) is 14.3 Å².